The summed E-state index contributed by atoms with van der Waals surface area (Å²) in [6.07, 6.45) is 7.60. The third-order valence-corrected chi connectivity index (χ3v) is 5.85. The summed E-state index contributed by atoms with van der Waals surface area (Å²) in [5.74, 6) is 1.88. The summed E-state index contributed by atoms with van der Waals surface area (Å²) in [5, 5.41) is 6.41. The summed E-state index contributed by atoms with van der Waals surface area (Å²) in [5.41, 5.74) is 3.81. The second-order valence-corrected chi connectivity index (χ2v) is 7.40. The molecule has 0 fully saturated rings. The van der Waals surface area contributed by atoms with Gasteiger partial charge in [-0.15, -0.1) is 0 Å². The van der Waals surface area contributed by atoms with E-state index in [9.17, 15) is 0 Å². The molecule has 0 bridgehead atoms. The highest BCUT2D eigenvalue weighted by Gasteiger charge is 2.38. The van der Waals surface area contributed by atoms with Gasteiger partial charge in [0.05, 0.1) is 11.7 Å². The summed E-state index contributed by atoms with van der Waals surface area (Å²) in [6.45, 7) is 4.29. The fraction of sp³-hybridized carbons (Fsp3) is 0.200. The van der Waals surface area contributed by atoms with Crippen molar-refractivity contribution in [3.05, 3.63) is 96.6 Å². The molecule has 0 aromatic heterocycles. The van der Waals surface area contributed by atoms with Crippen LogP contribution in [-0.4, -0.2) is 6.61 Å². The normalized spacial score (nSPS) is 22.7. The molecule has 1 N–H and O–H groups in total. The second kappa shape index (κ2) is 6.62. The van der Waals surface area contributed by atoms with Crippen molar-refractivity contribution >= 4 is 16.5 Å². The predicted molar refractivity (Wildman–Crippen MR) is 112 cm³/mol. The van der Waals surface area contributed by atoms with Crippen LogP contribution in [0.1, 0.15) is 29.5 Å². The van der Waals surface area contributed by atoms with E-state index in [0.717, 1.165) is 17.9 Å². The van der Waals surface area contributed by atoms with Gasteiger partial charge in [0.15, 0.2) is 0 Å². The highest BCUT2D eigenvalue weighted by atomic mass is 16.5. The number of hydrogen-bond acceptors (Lipinski definition) is 2. The maximum Gasteiger partial charge on any atom is 0.143 e. The SMILES string of the molecule is C=CCOc1cccc2c1NC(c1ccc3ccccc3c1)C1CC=CC21. The van der Waals surface area contributed by atoms with Crippen LogP contribution in [-0.2, 0) is 0 Å². The molecule has 5 rings (SSSR count). The molecule has 3 atom stereocenters. The third kappa shape index (κ3) is 2.73. The Bertz CT molecular complexity index is 1040. The van der Waals surface area contributed by atoms with Crippen molar-refractivity contribution in [2.24, 2.45) is 5.92 Å². The van der Waals surface area contributed by atoms with Gasteiger partial charge in [0.1, 0.15) is 12.4 Å². The van der Waals surface area contributed by atoms with Crippen LogP contribution in [0.15, 0.2) is 85.5 Å². The Balaban J connectivity index is 1.59. The molecule has 0 amide bonds. The summed E-state index contributed by atoms with van der Waals surface area (Å²) in [7, 11) is 0. The van der Waals surface area contributed by atoms with Gasteiger partial charge >= 0.3 is 0 Å². The molecule has 0 saturated heterocycles. The quantitative estimate of drug-likeness (QED) is 0.561. The number of ether oxygens (including phenoxy) is 1. The number of nitrogens with one attached hydrogen (secondary N) is 1. The second-order valence-electron chi connectivity index (χ2n) is 7.40. The van der Waals surface area contributed by atoms with Crippen molar-refractivity contribution in [2.75, 3.05) is 11.9 Å². The maximum atomic E-state index is 5.95. The Morgan fingerprint density at radius 3 is 2.81 bits per heavy atom. The molecule has 27 heavy (non-hydrogen) atoms. The van der Waals surface area contributed by atoms with Crippen molar-refractivity contribution in [3.8, 4) is 5.75 Å². The number of anilines is 1. The van der Waals surface area contributed by atoms with Gasteiger partial charge < -0.3 is 10.1 Å². The molecule has 0 spiro atoms. The molecule has 2 nitrogen and oxygen atoms in total. The Morgan fingerprint density at radius 2 is 1.93 bits per heavy atom. The van der Waals surface area contributed by atoms with Crippen LogP contribution in [0.3, 0.4) is 0 Å². The van der Waals surface area contributed by atoms with E-state index in [0.29, 0.717) is 18.4 Å². The number of allylic oxidation sites excluding steroid dienone is 2. The van der Waals surface area contributed by atoms with Crippen molar-refractivity contribution in [3.63, 3.8) is 0 Å². The van der Waals surface area contributed by atoms with Crippen LogP contribution >= 0.6 is 0 Å². The maximum absolute atomic E-state index is 5.95. The molecule has 1 heterocycles. The lowest BCUT2D eigenvalue weighted by molar-refractivity contribution is 0.358. The van der Waals surface area contributed by atoms with Gasteiger partial charge in [0.25, 0.3) is 0 Å². The van der Waals surface area contributed by atoms with Crippen molar-refractivity contribution in [2.45, 2.75) is 18.4 Å². The van der Waals surface area contributed by atoms with E-state index in [1.54, 1.807) is 6.08 Å². The topological polar surface area (TPSA) is 21.3 Å². The van der Waals surface area contributed by atoms with Crippen LogP contribution in [0, 0.1) is 5.92 Å². The molecule has 2 heteroatoms. The average molecular weight is 353 g/mol. The molecule has 3 aromatic carbocycles. The summed E-state index contributed by atoms with van der Waals surface area (Å²) >= 11 is 0. The largest absolute Gasteiger partial charge is 0.487 e. The van der Waals surface area contributed by atoms with Gasteiger partial charge in [-0.1, -0.05) is 73.3 Å². The Kier molecular flexibility index (Phi) is 3.97. The Hall–Kier alpha value is -3.00. The van der Waals surface area contributed by atoms with Gasteiger partial charge in [0.2, 0.25) is 0 Å². The number of benzene rings is 3. The van der Waals surface area contributed by atoms with Crippen LogP contribution in [0.4, 0.5) is 5.69 Å². The number of hydrogen-bond donors (Lipinski definition) is 1. The molecule has 1 aliphatic carbocycles. The van der Waals surface area contributed by atoms with E-state index < -0.39 is 0 Å². The molecule has 134 valence electrons. The first kappa shape index (κ1) is 16.2. The fourth-order valence-electron chi connectivity index (χ4n) is 4.59. The van der Waals surface area contributed by atoms with E-state index in [1.807, 2.05) is 6.07 Å². The zero-order valence-electron chi connectivity index (χ0n) is 15.3. The number of rotatable bonds is 4. The van der Waals surface area contributed by atoms with Gasteiger partial charge in [-0.3, -0.25) is 0 Å². The van der Waals surface area contributed by atoms with Crippen LogP contribution < -0.4 is 10.1 Å². The predicted octanol–water partition coefficient (Wildman–Crippen LogP) is 6.23. The summed E-state index contributed by atoms with van der Waals surface area (Å²) in [4.78, 5) is 0. The monoisotopic (exact) mass is 353 g/mol. The molecule has 3 aromatic rings. The first-order chi connectivity index (χ1) is 13.3. The molecule has 3 unspecified atom stereocenters. The first-order valence-corrected chi connectivity index (χ1v) is 9.63. The Labute approximate surface area is 160 Å². The molecule has 0 saturated carbocycles. The average Bonchev–Trinajstić information content (AvgIpc) is 3.21. The van der Waals surface area contributed by atoms with Crippen LogP contribution in [0.2, 0.25) is 0 Å². The molecular weight excluding hydrogens is 330 g/mol. The van der Waals surface area contributed by atoms with Gasteiger partial charge in [0, 0.05) is 5.92 Å². The highest BCUT2D eigenvalue weighted by molar-refractivity contribution is 5.83. The van der Waals surface area contributed by atoms with Crippen molar-refractivity contribution in [1.82, 2.24) is 0 Å². The Morgan fingerprint density at radius 1 is 1.04 bits per heavy atom. The lowest BCUT2D eigenvalue weighted by Crippen LogP contribution is -2.29. The first-order valence-electron chi connectivity index (χ1n) is 9.63. The summed E-state index contributed by atoms with van der Waals surface area (Å²) < 4.78 is 5.95. The smallest absolute Gasteiger partial charge is 0.143 e. The molecular formula is C25H23NO. The number of para-hydroxylation sites is 1. The summed E-state index contributed by atoms with van der Waals surface area (Å²) in [6, 6.07) is 22.1. The fourth-order valence-corrected chi connectivity index (χ4v) is 4.59. The minimum Gasteiger partial charge on any atom is -0.487 e. The highest BCUT2D eigenvalue weighted by Crippen LogP contribution is 2.52. The van der Waals surface area contributed by atoms with Crippen molar-refractivity contribution in [1.29, 1.82) is 0 Å². The van der Waals surface area contributed by atoms with Crippen LogP contribution in [0.25, 0.3) is 10.8 Å². The zero-order chi connectivity index (χ0) is 18.2. The van der Waals surface area contributed by atoms with Gasteiger partial charge in [-0.05, 0) is 46.4 Å². The van der Waals surface area contributed by atoms with E-state index in [1.165, 1.54) is 21.9 Å². The lowest BCUT2D eigenvalue weighted by Gasteiger charge is -2.38. The van der Waals surface area contributed by atoms with E-state index in [4.69, 9.17) is 4.74 Å². The lowest BCUT2D eigenvalue weighted by atomic mass is 9.76. The third-order valence-electron chi connectivity index (χ3n) is 5.85. The number of fused-ring (bicyclic) bond motifs is 4. The standard InChI is InChI=1S/C25H23NO/c1-2-15-27-23-12-6-11-22-20-9-5-10-21(20)24(26-25(22)23)19-14-13-17-7-3-4-8-18(17)16-19/h2-9,11-14,16,20-21,24,26H,1,10,15H2. The van der Waals surface area contributed by atoms with E-state index >= 15 is 0 Å². The van der Waals surface area contributed by atoms with Crippen LogP contribution in [0.5, 0.6) is 5.75 Å². The van der Waals surface area contributed by atoms with E-state index in [-0.39, 0.29) is 6.04 Å². The zero-order valence-corrected chi connectivity index (χ0v) is 15.3. The van der Waals surface area contributed by atoms with Gasteiger partial charge in [-0.25, -0.2) is 0 Å². The van der Waals surface area contributed by atoms with E-state index in [2.05, 4.69) is 78.6 Å². The van der Waals surface area contributed by atoms with Crippen molar-refractivity contribution < 1.29 is 4.74 Å². The molecule has 2 aliphatic rings. The molecule has 1 aliphatic heterocycles. The molecule has 0 radical (unpaired) electrons. The minimum atomic E-state index is 0.274. The minimum absolute atomic E-state index is 0.274. The van der Waals surface area contributed by atoms with Gasteiger partial charge in [-0.2, -0.15) is 0 Å².